The third kappa shape index (κ3) is 6.28. The van der Waals surface area contributed by atoms with Crippen LogP contribution in [-0.2, 0) is 0 Å². The molecule has 0 bridgehead atoms. The number of aromatic hydroxyl groups is 1. The average Bonchev–Trinajstić information content (AvgIpc) is 2.69. The molecule has 0 saturated heterocycles. The molecule has 0 fully saturated rings. The van der Waals surface area contributed by atoms with Gasteiger partial charge < -0.3 is 29.2 Å². The maximum absolute atomic E-state index is 12.1. The number of hydrogen-bond acceptors (Lipinski definition) is 7. The number of benzene rings is 1. The van der Waals surface area contributed by atoms with Crippen LogP contribution in [0.2, 0.25) is 0 Å². The molecule has 1 atom stereocenters. The normalized spacial score (nSPS) is 12.5. The molecule has 1 aromatic carbocycles. The van der Waals surface area contributed by atoms with Gasteiger partial charge in [0.2, 0.25) is 0 Å². The molecule has 0 aliphatic carbocycles. The van der Waals surface area contributed by atoms with Gasteiger partial charge in [-0.15, -0.1) is 0 Å². The van der Waals surface area contributed by atoms with E-state index >= 15 is 0 Å². The summed E-state index contributed by atoms with van der Waals surface area (Å²) < 4.78 is 16.0. The van der Waals surface area contributed by atoms with Crippen molar-refractivity contribution < 1.29 is 29.2 Å². The summed E-state index contributed by atoms with van der Waals surface area (Å²) in [4.78, 5) is 12.1. The van der Waals surface area contributed by atoms with Crippen LogP contribution >= 0.6 is 0 Å². The topological polar surface area (TPSA) is 109 Å². The highest BCUT2D eigenvalue weighted by molar-refractivity contribution is 5.86. The second-order valence-electron chi connectivity index (χ2n) is 6.54. The Hall–Kier alpha value is -2.51. The second kappa shape index (κ2) is 11.4. The minimum atomic E-state index is -0.846. The van der Waals surface area contributed by atoms with Gasteiger partial charge in [-0.05, 0) is 31.1 Å². The summed E-state index contributed by atoms with van der Waals surface area (Å²) in [7, 11) is 0. The number of aliphatic hydroxyl groups is 2. The molecular formula is C21H28O7. The largest absolute Gasteiger partial charge is 0.504 e. The van der Waals surface area contributed by atoms with Gasteiger partial charge in [0.1, 0.15) is 11.3 Å². The first-order valence-electron chi connectivity index (χ1n) is 9.60. The summed E-state index contributed by atoms with van der Waals surface area (Å²) >= 11 is 0. The molecular weight excluding hydrogens is 364 g/mol. The van der Waals surface area contributed by atoms with E-state index in [2.05, 4.69) is 6.92 Å². The van der Waals surface area contributed by atoms with Crippen molar-refractivity contribution in [3.05, 3.63) is 41.0 Å². The molecule has 0 aliphatic heterocycles. The number of allylic oxidation sites excluding steroid dienone is 1. The van der Waals surface area contributed by atoms with Crippen LogP contribution in [0.15, 0.2) is 39.7 Å². The molecule has 7 heteroatoms. The molecule has 0 aliphatic rings. The van der Waals surface area contributed by atoms with Gasteiger partial charge in [-0.1, -0.05) is 26.2 Å². The van der Waals surface area contributed by atoms with Gasteiger partial charge in [-0.2, -0.15) is 0 Å². The van der Waals surface area contributed by atoms with E-state index in [4.69, 9.17) is 19.0 Å². The Labute approximate surface area is 163 Å². The lowest BCUT2D eigenvalue weighted by atomic mass is 10.1. The van der Waals surface area contributed by atoms with Crippen molar-refractivity contribution in [2.75, 3.05) is 13.2 Å². The smallest absolute Gasteiger partial charge is 0.383 e. The van der Waals surface area contributed by atoms with Gasteiger partial charge in [0.15, 0.2) is 5.75 Å². The molecule has 2 rings (SSSR count). The summed E-state index contributed by atoms with van der Waals surface area (Å²) in [5, 5.41) is 28.8. The lowest BCUT2D eigenvalue weighted by Crippen LogP contribution is -2.15. The van der Waals surface area contributed by atoms with Gasteiger partial charge in [0.25, 0.3) is 5.75 Å². The van der Waals surface area contributed by atoms with Crippen LogP contribution in [0.4, 0.5) is 0 Å². The molecule has 0 spiro atoms. The van der Waals surface area contributed by atoms with E-state index in [1.807, 2.05) is 6.08 Å². The lowest BCUT2D eigenvalue weighted by Gasteiger charge is -2.10. The number of ether oxygens (including phenoxy) is 2. The van der Waals surface area contributed by atoms with Crippen LogP contribution in [0.1, 0.15) is 45.4 Å². The molecule has 7 nitrogen and oxygen atoms in total. The Balaban J connectivity index is 2.04. The summed E-state index contributed by atoms with van der Waals surface area (Å²) in [5.41, 5.74) is -0.618. The molecule has 1 heterocycles. The van der Waals surface area contributed by atoms with E-state index < -0.39 is 11.7 Å². The first kappa shape index (κ1) is 21.8. The number of rotatable bonds is 12. The van der Waals surface area contributed by atoms with Crippen LogP contribution < -0.4 is 15.1 Å². The summed E-state index contributed by atoms with van der Waals surface area (Å²) in [6.45, 7) is 2.00. The van der Waals surface area contributed by atoms with Crippen molar-refractivity contribution in [1.82, 2.24) is 0 Å². The van der Waals surface area contributed by atoms with Gasteiger partial charge >= 0.3 is 5.63 Å². The zero-order valence-corrected chi connectivity index (χ0v) is 16.1. The number of unbranched alkanes of at least 4 members (excludes halogenated alkanes) is 4. The van der Waals surface area contributed by atoms with Crippen LogP contribution in [-0.4, -0.2) is 34.6 Å². The molecule has 1 unspecified atom stereocenters. The summed E-state index contributed by atoms with van der Waals surface area (Å²) in [6.07, 6.45) is 8.03. The van der Waals surface area contributed by atoms with Crippen molar-refractivity contribution in [3.8, 4) is 17.2 Å². The van der Waals surface area contributed by atoms with E-state index in [1.54, 1.807) is 12.1 Å². The fourth-order valence-corrected chi connectivity index (χ4v) is 2.62. The fourth-order valence-electron chi connectivity index (χ4n) is 2.62. The Kier molecular flexibility index (Phi) is 8.84. The van der Waals surface area contributed by atoms with Gasteiger partial charge in [-0.3, -0.25) is 0 Å². The standard InChI is InChI=1S/C21H28O7/c1-2-3-4-5-6-7-11-27-20-19(24)17-9-8-16(13-18(17)28-21(20)25)26-12-10-15(23)14-22/h7-9,11,13,15,22-24H,2-6,10,12,14H2,1H3/b11-7+. The van der Waals surface area contributed by atoms with Crippen LogP contribution in [0, 0.1) is 0 Å². The van der Waals surface area contributed by atoms with Crippen LogP contribution in [0.5, 0.6) is 17.2 Å². The van der Waals surface area contributed by atoms with Crippen molar-refractivity contribution in [2.24, 2.45) is 0 Å². The predicted octanol–water partition coefficient (Wildman–Crippen LogP) is 3.48. The molecule has 2 aromatic rings. The lowest BCUT2D eigenvalue weighted by molar-refractivity contribution is 0.0754. The second-order valence-corrected chi connectivity index (χ2v) is 6.54. The summed E-state index contributed by atoms with van der Waals surface area (Å²) in [6, 6.07) is 4.66. The van der Waals surface area contributed by atoms with Crippen LogP contribution in [0.25, 0.3) is 11.0 Å². The van der Waals surface area contributed by atoms with Crippen molar-refractivity contribution >= 4 is 11.0 Å². The van der Waals surface area contributed by atoms with Gasteiger partial charge in [0, 0.05) is 12.5 Å². The quantitative estimate of drug-likeness (QED) is 0.288. The van der Waals surface area contributed by atoms with E-state index in [1.165, 1.54) is 25.2 Å². The maximum atomic E-state index is 12.1. The fraction of sp³-hybridized carbons (Fsp3) is 0.476. The highest BCUT2D eigenvalue weighted by Gasteiger charge is 2.15. The average molecular weight is 392 g/mol. The summed E-state index contributed by atoms with van der Waals surface area (Å²) in [5.74, 6) is -0.123. The Bertz CT molecular complexity index is 825. The van der Waals surface area contributed by atoms with Crippen molar-refractivity contribution in [1.29, 1.82) is 0 Å². The Morgan fingerprint density at radius 2 is 2.07 bits per heavy atom. The van der Waals surface area contributed by atoms with E-state index in [0.717, 1.165) is 19.3 Å². The molecule has 154 valence electrons. The molecule has 0 amide bonds. The number of aliphatic hydroxyl groups excluding tert-OH is 2. The minimum absolute atomic E-state index is 0.165. The molecule has 0 saturated carbocycles. The molecule has 0 radical (unpaired) electrons. The highest BCUT2D eigenvalue weighted by Crippen LogP contribution is 2.33. The molecule has 1 aromatic heterocycles. The third-order valence-electron chi connectivity index (χ3n) is 4.25. The SMILES string of the molecule is CCCCCC/C=C/Oc1c(O)c2ccc(OCCC(O)CO)cc2oc1=O. The zero-order chi connectivity index (χ0) is 20.4. The predicted molar refractivity (Wildman–Crippen MR) is 106 cm³/mol. The van der Waals surface area contributed by atoms with Crippen molar-refractivity contribution in [2.45, 2.75) is 51.6 Å². The van der Waals surface area contributed by atoms with E-state index in [0.29, 0.717) is 11.1 Å². The number of fused-ring (bicyclic) bond motifs is 1. The van der Waals surface area contributed by atoms with Crippen molar-refractivity contribution in [3.63, 3.8) is 0 Å². The van der Waals surface area contributed by atoms with E-state index in [9.17, 15) is 15.0 Å². The minimum Gasteiger partial charge on any atom is -0.504 e. The molecule has 3 N–H and O–H groups in total. The highest BCUT2D eigenvalue weighted by atomic mass is 16.5. The van der Waals surface area contributed by atoms with E-state index in [-0.39, 0.29) is 36.7 Å². The first-order chi connectivity index (χ1) is 13.6. The monoisotopic (exact) mass is 392 g/mol. The van der Waals surface area contributed by atoms with Gasteiger partial charge in [-0.25, -0.2) is 4.79 Å². The Morgan fingerprint density at radius 3 is 2.82 bits per heavy atom. The third-order valence-corrected chi connectivity index (χ3v) is 4.25. The maximum Gasteiger partial charge on any atom is 0.383 e. The first-order valence-corrected chi connectivity index (χ1v) is 9.60. The zero-order valence-electron chi connectivity index (χ0n) is 16.1. The number of hydrogen-bond donors (Lipinski definition) is 3. The molecule has 28 heavy (non-hydrogen) atoms. The Morgan fingerprint density at radius 1 is 1.25 bits per heavy atom. The van der Waals surface area contributed by atoms with Gasteiger partial charge in [0.05, 0.1) is 31.0 Å². The van der Waals surface area contributed by atoms with Crippen LogP contribution in [0.3, 0.4) is 0 Å².